The number of nitrogens with two attached hydrogens (primary N) is 1. The molecular weight excluding hydrogens is 326 g/mol. The van der Waals surface area contributed by atoms with Crippen LogP contribution in [0.3, 0.4) is 0 Å². The number of esters is 1. The Bertz CT molecular complexity index is 467. The first kappa shape index (κ1) is 20.3. The van der Waals surface area contributed by atoms with Gasteiger partial charge in [0.25, 0.3) is 0 Å². The van der Waals surface area contributed by atoms with Gasteiger partial charge < -0.3 is 34.9 Å². The smallest absolute Gasteiger partial charge is 0.414 e. The molecule has 10 nitrogen and oxygen atoms in total. The molecule has 0 aromatic rings. The third-order valence-corrected chi connectivity index (χ3v) is 3.36. The van der Waals surface area contributed by atoms with Gasteiger partial charge in [0.1, 0.15) is 18.8 Å². The van der Waals surface area contributed by atoms with Gasteiger partial charge in [-0.2, -0.15) is 0 Å². The molecular formula is C14H23NO9. The van der Waals surface area contributed by atoms with Crippen LogP contribution >= 0.6 is 0 Å². The van der Waals surface area contributed by atoms with Crippen LogP contribution in [0.1, 0.15) is 27.2 Å². The van der Waals surface area contributed by atoms with E-state index in [2.05, 4.69) is 0 Å². The summed E-state index contributed by atoms with van der Waals surface area (Å²) in [6, 6.07) is -0.121. The molecule has 0 spiro atoms. The van der Waals surface area contributed by atoms with Gasteiger partial charge in [-0.15, -0.1) is 0 Å². The van der Waals surface area contributed by atoms with Crippen LogP contribution in [0.25, 0.3) is 0 Å². The summed E-state index contributed by atoms with van der Waals surface area (Å²) in [4.78, 5) is 29.4. The Kier molecular flexibility index (Phi) is 7.08. The normalized spacial score (nSPS) is 30.0. The first-order valence-electron chi connectivity index (χ1n) is 7.42. The van der Waals surface area contributed by atoms with Crippen LogP contribution in [0.4, 0.5) is 0 Å². The molecule has 2 unspecified atom stereocenters. The van der Waals surface area contributed by atoms with Crippen molar-refractivity contribution in [3.63, 3.8) is 0 Å². The zero-order chi connectivity index (χ0) is 18.5. The van der Waals surface area contributed by atoms with Gasteiger partial charge in [-0.3, -0.25) is 0 Å². The summed E-state index contributed by atoms with van der Waals surface area (Å²) in [5, 5.41) is 14.8. The molecule has 0 aromatic carbocycles. The average Bonchev–Trinajstić information content (AvgIpc) is 2.92. The van der Waals surface area contributed by atoms with Crippen molar-refractivity contribution in [3.05, 3.63) is 0 Å². The Morgan fingerprint density at radius 2 is 1.71 bits per heavy atom. The lowest BCUT2D eigenvalue weighted by molar-refractivity contribution is -0.172. The van der Waals surface area contributed by atoms with E-state index in [4.69, 9.17) is 44.5 Å². The van der Waals surface area contributed by atoms with Crippen molar-refractivity contribution in [3.8, 4) is 0 Å². The number of rotatable bonds is 4. The molecule has 2 rings (SSSR count). The van der Waals surface area contributed by atoms with Crippen molar-refractivity contribution in [2.75, 3.05) is 13.2 Å². The summed E-state index contributed by atoms with van der Waals surface area (Å²) >= 11 is 0. The van der Waals surface area contributed by atoms with Crippen LogP contribution < -0.4 is 5.73 Å². The van der Waals surface area contributed by atoms with Crippen molar-refractivity contribution in [1.82, 2.24) is 0 Å². The maximum absolute atomic E-state index is 11.3. The van der Waals surface area contributed by atoms with Crippen LogP contribution in [0.5, 0.6) is 0 Å². The van der Waals surface area contributed by atoms with Crippen LogP contribution in [0, 0.1) is 0 Å². The fourth-order valence-electron chi connectivity index (χ4n) is 2.51. The quantitative estimate of drug-likeness (QED) is 0.440. The molecule has 0 aromatic heterocycles. The van der Waals surface area contributed by atoms with E-state index in [1.54, 1.807) is 6.92 Å². The second-order valence-electron chi connectivity index (χ2n) is 5.73. The lowest BCUT2D eigenvalue weighted by Gasteiger charge is -2.22. The van der Waals surface area contributed by atoms with Gasteiger partial charge in [-0.1, -0.05) is 0 Å². The first-order valence-corrected chi connectivity index (χ1v) is 7.42. The molecule has 2 fully saturated rings. The number of hydrogen-bond donors (Lipinski definition) is 3. The number of ether oxygens (including phenoxy) is 4. The standard InChI is InChI=1S/C12H21NO5.C2H2O4/c1-4-15-9(14)6-16-8-5-7(13)10-11(8)18-12(2,3)17-10;3-1(4)2(5)6/h7-8,10-11H,4-6,13H2,1-3H3;(H,3,4)(H,5,6)/t7?,8?,10-,11-;/m0./s1. The molecule has 4 N–H and O–H groups in total. The Labute approximate surface area is 138 Å². The molecule has 1 aliphatic heterocycles. The zero-order valence-electron chi connectivity index (χ0n) is 13.8. The topological polar surface area (TPSA) is 155 Å². The molecule has 1 saturated carbocycles. The maximum atomic E-state index is 11.3. The van der Waals surface area contributed by atoms with Crippen molar-refractivity contribution in [1.29, 1.82) is 0 Å². The monoisotopic (exact) mass is 349 g/mol. The Hall–Kier alpha value is -1.75. The number of carboxylic acid groups (broad SMARTS) is 2. The van der Waals surface area contributed by atoms with Crippen molar-refractivity contribution in [2.24, 2.45) is 5.73 Å². The Balaban J connectivity index is 0.000000413. The van der Waals surface area contributed by atoms with E-state index in [9.17, 15) is 4.79 Å². The molecule has 4 atom stereocenters. The lowest BCUT2D eigenvalue weighted by Crippen LogP contribution is -2.35. The van der Waals surface area contributed by atoms with E-state index in [0.29, 0.717) is 13.0 Å². The molecule has 138 valence electrons. The molecule has 1 heterocycles. The SMILES string of the molecule is CCOC(=O)COC1CC(N)[C@@H]2OC(C)(C)O[C@@H]12.O=C(O)C(=O)O. The van der Waals surface area contributed by atoms with Crippen LogP contribution in [-0.2, 0) is 33.3 Å². The number of carbonyl (C=O) groups excluding carboxylic acids is 1. The number of fused-ring (bicyclic) bond motifs is 1. The van der Waals surface area contributed by atoms with E-state index in [0.717, 1.165) is 0 Å². The third-order valence-electron chi connectivity index (χ3n) is 3.36. The van der Waals surface area contributed by atoms with Crippen LogP contribution in [-0.4, -0.2) is 71.5 Å². The highest BCUT2D eigenvalue weighted by Crippen LogP contribution is 2.38. The number of carboxylic acids is 2. The predicted molar refractivity (Wildman–Crippen MR) is 78.1 cm³/mol. The summed E-state index contributed by atoms with van der Waals surface area (Å²) < 4.78 is 21.8. The van der Waals surface area contributed by atoms with Crippen molar-refractivity contribution < 1.29 is 43.5 Å². The minimum absolute atomic E-state index is 0.0712. The number of carbonyl (C=O) groups is 3. The second-order valence-corrected chi connectivity index (χ2v) is 5.73. The minimum atomic E-state index is -1.82. The van der Waals surface area contributed by atoms with E-state index < -0.39 is 17.7 Å². The predicted octanol–water partition coefficient (Wildman–Crippen LogP) is -0.659. The molecule has 0 amide bonds. The number of aliphatic carboxylic acids is 2. The van der Waals surface area contributed by atoms with Gasteiger partial charge in [0.05, 0.1) is 12.7 Å². The van der Waals surface area contributed by atoms with Gasteiger partial charge in [0.2, 0.25) is 0 Å². The molecule has 2 aliphatic rings. The number of hydrogen-bond acceptors (Lipinski definition) is 8. The average molecular weight is 349 g/mol. The summed E-state index contributed by atoms with van der Waals surface area (Å²) in [5.41, 5.74) is 6.00. The largest absolute Gasteiger partial charge is 0.473 e. The van der Waals surface area contributed by atoms with Gasteiger partial charge >= 0.3 is 17.9 Å². The minimum Gasteiger partial charge on any atom is -0.473 e. The first-order chi connectivity index (χ1) is 11.1. The zero-order valence-corrected chi connectivity index (χ0v) is 13.8. The summed E-state index contributed by atoms with van der Waals surface area (Å²) in [6.07, 6.45) is 0.0537. The summed E-state index contributed by atoms with van der Waals surface area (Å²) in [7, 11) is 0. The Morgan fingerprint density at radius 1 is 1.17 bits per heavy atom. The summed E-state index contributed by atoms with van der Waals surface area (Å²) in [5.74, 6) is -4.66. The highest BCUT2D eigenvalue weighted by Gasteiger charge is 2.53. The van der Waals surface area contributed by atoms with Gasteiger partial charge in [0.15, 0.2) is 5.79 Å². The van der Waals surface area contributed by atoms with Gasteiger partial charge in [-0.05, 0) is 27.2 Å². The van der Waals surface area contributed by atoms with E-state index in [1.807, 2.05) is 13.8 Å². The summed E-state index contributed by atoms with van der Waals surface area (Å²) in [6.45, 7) is 5.74. The maximum Gasteiger partial charge on any atom is 0.414 e. The molecule has 1 saturated heterocycles. The molecule has 24 heavy (non-hydrogen) atoms. The van der Waals surface area contributed by atoms with E-state index in [-0.39, 0.29) is 36.9 Å². The fourth-order valence-corrected chi connectivity index (χ4v) is 2.51. The fraction of sp³-hybridized carbons (Fsp3) is 0.786. The molecule has 0 bridgehead atoms. The second kappa shape index (κ2) is 8.38. The third kappa shape index (κ3) is 5.71. The van der Waals surface area contributed by atoms with Gasteiger partial charge in [-0.25, -0.2) is 14.4 Å². The molecule has 0 radical (unpaired) electrons. The molecule has 10 heteroatoms. The van der Waals surface area contributed by atoms with Crippen molar-refractivity contribution >= 4 is 17.9 Å². The van der Waals surface area contributed by atoms with Crippen molar-refractivity contribution in [2.45, 2.75) is 57.3 Å². The highest BCUT2D eigenvalue weighted by molar-refractivity contribution is 6.27. The lowest BCUT2D eigenvalue weighted by atomic mass is 10.2. The van der Waals surface area contributed by atoms with E-state index >= 15 is 0 Å². The van der Waals surface area contributed by atoms with E-state index in [1.165, 1.54) is 0 Å². The van der Waals surface area contributed by atoms with Crippen LogP contribution in [0.2, 0.25) is 0 Å². The van der Waals surface area contributed by atoms with Crippen LogP contribution in [0.15, 0.2) is 0 Å². The highest BCUT2D eigenvalue weighted by atomic mass is 16.8. The molecule has 1 aliphatic carbocycles. The Morgan fingerprint density at radius 3 is 2.21 bits per heavy atom. The van der Waals surface area contributed by atoms with Gasteiger partial charge in [0, 0.05) is 6.04 Å².